The number of hydrazone groups is 1. The van der Waals surface area contributed by atoms with Gasteiger partial charge in [0.25, 0.3) is 0 Å². The molecule has 9 heteroatoms. The third-order valence-corrected chi connectivity index (χ3v) is 4.73. The summed E-state index contributed by atoms with van der Waals surface area (Å²) in [4.78, 5) is 20.4. The van der Waals surface area contributed by atoms with E-state index in [4.69, 9.17) is 0 Å². The Morgan fingerprint density at radius 1 is 1.40 bits per heavy atom. The number of thioether (sulfide) groups is 1. The van der Waals surface area contributed by atoms with Crippen LogP contribution in [0.1, 0.15) is 38.3 Å². The van der Waals surface area contributed by atoms with Crippen molar-refractivity contribution in [1.29, 1.82) is 0 Å². The zero-order chi connectivity index (χ0) is 17.5. The Morgan fingerprint density at radius 2 is 2.24 bits per heavy atom. The van der Waals surface area contributed by atoms with Crippen LogP contribution < -0.4 is 10.7 Å². The van der Waals surface area contributed by atoms with Crippen molar-refractivity contribution in [2.75, 3.05) is 11.2 Å². The van der Waals surface area contributed by atoms with Gasteiger partial charge >= 0.3 is 0 Å². The molecule has 0 radical (unpaired) electrons. The molecule has 2 aromatic rings. The molecule has 1 fully saturated rings. The number of hydrogen-bond donors (Lipinski definition) is 3. The summed E-state index contributed by atoms with van der Waals surface area (Å²) >= 11 is 1.30. The molecular weight excluding hydrogens is 338 g/mol. The van der Waals surface area contributed by atoms with Gasteiger partial charge in [-0.3, -0.25) is 9.78 Å². The van der Waals surface area contributed by atoms with E-state index < -0.39 is 0 Å². The second-order valence-electron chi connectivity index (χ2n) is 5.83. The average molecular weight is 359 g/mol. The maximum absolute atomic E-state index is 11.9. The lowest BCUT2D eigenvalue weighted by Crippen LogP contribution is -2.33. The van der Waals surface area contributed by atoms with Gasteiger partial charge in [0.05, 0.1) is 17.2 Å². The van der Waals surface area contributed by atoms with Crippen LogP contribution in [-0.4, -0.2) is 43.6 Å². The molecule has 2 heterocycles. The second kappa shape index (κ2) is 8.61. The Hall–Kier alpha value is -2.42. The number of carbonyl (C=O) groups is 1. The molecule has 0 unspecified atom stereocenters. The highest BCUT2D eigenvalue weighted by Gasteiger charge is 2.17. The molecule has 0 aromatic carbocycles. The Kier molecular flexibility index (Phi) is 5.99. The molecule has 1 amide bonds. The molecule has 2 aromatic heterocycles. The minimum Gasteiger partial charge on any atom is -0.353 e. The van der Waals surface area contributed by atoms with Crippen molar-refractivity contribution < 1.29 is 4.79 Å². The highest BCUT2D eigenvalue weighted by atomic mass is 32.2. The van der Waals surface area contributed by atoms with Crippen molar-refractivity contribution in [3.8, 4) is 0 Å². The summed E-state index contributed by atoms with van der Waals surface area (Å²) in [6.07, 6.45) is 6.28. The Bertz CT molecular complexity index is 725. The second-order valence-corrected chi connectivity index (χ2v) is 6.77. The van der Waals surface area contributed by atoms with Crippen LogP contribution in [0.4, 0.5) is 5.95 Å². The summed E-state index contributed by atoms with van der Waals surface area (Å²) in [5, 5.41) is 14.6. The Labute approximate surface area is 150 Å². The van der Waals surface area contributed by atoms with Crippen molar-refractivity contribution in [2.45, 2.75) is 43.8 Å². The number of anilines is 1. The fourth-order valence-electron chi connectivity index (χ4n) is 2.60. The molecule has 1 aliphatic carbocycles. The fourth-order valence-corrected chi connectivity index (χ4v) is 3.21. The number of H-pyrrole nitrogens is 1. The quantitative estimate of drug-likeness (QED) is 0.397. The standard InChI is InChI=1S/C16H21N7OS/c1-11(13-8-4-5-9-17-13)20-21-15-19-16(23-22-15)25-10-14(24)18-12-6-2-3-7-12/h4-5,8-9,12H,2-3,6-7,10H2,1H3,(H,18,24)(H2,19,21,22,23)/b20-11+. The maximum Gasteiger partial charge on any atom is 0.240 e. The normalized spacial score (nSPS) is 15.3. The third-order valence-electron chi connectivity index (χ3n) is 3.88. The summed E-state index contributed by atoms with van der Waals surface area (Å²) in [6.45, 7) is 1.86. The molecule has 25 heavy (non-hydrogen) atoms. The predicted octanol–water partition coefficient (Wildman–Crippen LogP) is 2.19. The minimum absolute atomic E-state index is 0.0280. The molecule has 0 bridgehead atoms. The van der Waals surface area contributed by atoms with Crippen molar-refractivity contribution in [1.82, 2.24) is 25.5 Å². The predicted molar refractivity (Wildman–Crippen MR) is 97.6 cm³/mol. The molecule has 3 N–H and O–H groups in total. The largest absolute Gasteiger partial charge is 0.353 e. The van der Waals surface area contributed by atoms with Crippen LogP contribution in [0.2, 0.25) is 0 Å². The number of aromatic nitrogens is 4. The van der Waals surface area contributed by atoms with Crippen LogP contribution in [0.3, 0.4) is 0 Å². The SMILES string of the molecule is C/C(=N\Nc1nc(SCC(=O)NC2CCCC2)n[nH]1)c1ccccn1. The first-order valence-corrected chi connectivity index (χ1v) is 9.25. The van der Waals surface area contributed by atoms with Crippen LogP contribution >= 0.6 is 11.8 Å². The lowest BCUT2D eigenvalue weighted by atomic mass is 10.2. The highest BCUT2D eigenvalue weighted by Crippen LogP contribution is 2.18. The van der Waals surface area contributed by atoms with Gasteiger partial charge < -0.3 is 5.32 Å². The molecule has 1 aliphatic rings. The van der Waals surface area contributed by atoms with E-state index in [1.54, 1.807) is 6.20 Å². The molecule has 0 aliphatic heterocycles. The monoisotopic (exact) mass is 359 g/mol. The van der Waals surface area contributed by atoms with E-state index in [-0.39, 0.29) is 5.91 Å². The first-order valence-electron chi connectivity index (χ1n) is 8.27. The molecule has 0 spiro atoms. The summed E-state index contributed by atoms with van der Waals surface area (Å²) in [5.74, 6) is 0.763. The van der Waals surface area contributed by atoms with Gasteiger partial charge in [-0.1, -0.05) is 30.7 Å². The van der Waals surface area contributed by atoms with Crippen LogP contribution in [0.15, 0.2) is 34.7 Å². The fraction of sp³-hybridized carbons (Fsp3) is 0.438. The summed E-state index contributed by atoms with van der Waals surface area (Å²) in [6, 6.07) is 5.97. The van der Waals surface area contributed by atoms with Crippen molar-refractivity contribution in [3.05, 3.63) is 30.1 Å². The molecular formula is C16H21N7OS. The van der Waals surface area contributed by atoms with Gasteiger partial charge in [0.2, 0.25) is 17.0 Å². The van der Waals surface area contributed by atoms with Crippen molar-refractivity contribution in [3.63, 3.8) is 0 Å². The number of nitrogens with one attached hydrogen (secondary N) is 3. The number of pyridine rings is 1. The Balaban J connectivity index is 1.46. The van der Waals surface area contributed by atoms with Crippen LogP contribution in [0, 0.1) is 0 Å². The van der Waals surface area contributed by atoms with Crippen LogP contribution in [0.25, 0.3) is 0 Å². The first kappa shape index (κ1) is 17.4. The molecule has 3 rings (SSSR count). The van der Waals surface area contributed by atoms with Gasteiger partial charge in [-0.2, -0.15) is 10.1 Å². The topological polar surface area (TPSA) is 108 Å². The van der Waals surface area contributed by atoms with Crippen molar-refractivity contribution >= 4 is 29.3 Å². The highest BCUT2D eigenvalue weighted by molar-refractivity contribution is 7.99. The van der Waals surface area contributed by atoms with E-state index in [0.717, 1.165) is 24.2 Å². The number of hydrogen-bond acceptors (Lipinski definition) is 7. The van der Waals surface area contributed by atoms with Gasteiger partial charge in [-0.15, -0.1) is 5.10 Å². The molecule has 0 saturated heterocycles. The average Bonchev–Trinajstić information content (AvgIpc) is 3.30. The minimum atomic E-state index is 0.0280. The zero-order valence-electron chi connectivity index (χ0n) is 14.0. The number of amides is 1. The van der Waals surface area contributed by atoms with Crippen molar-refractivity contribution in [2.24, 2.45) is 5.10 Å². The maximum atomic E-state index is 11.9. The first-order chi connectivity index (χ1) is 12.2. The van der Waals surface area contributed by atoms with Gasteiger partial charge in [-0.05, 0) is 31.9 Å². The lowest BCUT2D eigenvalue weighted by Gasteiger charge is -2.10. The van der Waals surface area contributed by atoms with E-state index in [9.17, 15) is 4.79 Å². The third kappa shape index (κ3) is 5.28. The van der Waals surface area contributed by atoms with E-state index in [2.05, 4.69) is 36.0 Å². The smallest absolute Gasteiger partial charge is 0.240 e. The Morgan fingerprint density at radius 3 is 3.00 bits per heavy atom. The van der Waals surface area contributed by atoms with Gasteiger partial charge in [0, 0.05) is 12.2 Å². The molecule has 0 atom stereocenters. The zero-order valence-corrected chi connectivity index (χ0v) is 14.8. The van der Waals surface area contributed by atoms with E-state index in [1.165, 1.54) is 24.6 Å². The van der Waals surface area contributed by atoms with E-state index >= 15 is 0 Å². The summed E-state index contributed by atoms with van der Waals surface area (Å²) < 4.78 is 0. The van der Waals surface area contributed by atoms with E-state index in [1.807, 2.05) is 25.1 Å². The van der Waals surface area contributed by atoms with E-state index in [0.29, 0.717) is 22.9 Å². The number of rotatable bonds is 7. The molecule has 132 valence electrons. The number of carbonyl (C=O) groups excluding carboxylic acids is 1. The number of nitrogens with zero attached hydrogens (tertiary/aromatic N) is 4. The van der Waals surface area contributed by atoms with Crippen LogP contribution in [0.5, 0.6) is 0 Å². The number of aromatic amines is 1. The summed E-state index contributed by atoms with van der Waals surface area (Å²) in [5.41, 5.74) is 4.34. The lowest BCUT2D eigenvalue weighted by molar-refractivity contribution is -0.119. The van der Waals surface area contributed by atoms with Gasteiger partial charge in [0.15, 0.2) is 0 Å². The van der Waals surface area contributed by atoms with Gasteiger partial charge in [-0.25, -0.2) is 10.5 Å². The summed E-state index contributed by atoms with van der Waals surface area (Å²) in [7, 11) is 0. The van der Waals surface area contributed by atoms with Crippen LogP contribution in [-0.2, 0) is 4.79 Å². The van der Waals surface area contributed by atoms with Gasteiger partial charge in [0.1, 0.15) is 0 Å². The molecule has 1 saturated carbocycles. The molecule has 8 nitrogen and oxygen atoms in total.